The number of hydrogen-bond donors (Lipinski definition) is 3. The maximum absolute atomic E-state index is 13.1. The van der Waals surface area contributed by atoms with Crippen molar-refractivity contribution >= 4 is 41.8 Å². The monoisotopic (exact) mass is 461 g/mol. The fourth-order valence-electron chi connectivity index (χ4n) is 3.25. The Hall–Kier alpha value is -1.90. The maximum Gasteiger partial charge on any atom is 0.329 e. The number of aryl methyl sites for hydroxylation is 1. The van der Waals surface area contributed by atoms with Crippen molar-refractivity contribution in [2.45, 2.75) is 66.0 Å². The molecule has 2 rings (SSSR count). The van der Waals surface area contributed by atoms with Gasteiger partial charge in [-0.1, -0.05) is 34.6 Å². The van der Waals surface area contributed by atoms with Crippen molar-refractivity contribution in [1.82, 2.24) is 19.9 Å². The first-order valence-corrected chi connectivity index (χ1v) is 9.88. The molecule has 1 unspecified atom stereocenters. The summed E-state index contributed by atoms with van der Waals surface area (Å²) in [5.41, 5.74) is 5.82. The third-order valence-electron chi connectivity index (χ3n) is 4.63. The molecular formula is C20H33Cl2N5O3. The molecule has 4 N–H and O–H groups in total. The molecular weight excluding hydrogens is 429 g/mol. The summed E-state index contributed by atoms with van der Waals surface area (Å²) in [7, 11) is 0. The lowest BCUT2D eigenvalue weighted by Gasteiger charge is -2.20. The Kier molecular flexibility index (Phi) is 11.3. The van der Waals surface area contributed by atoms with E-state index in [2.05, 4.69) is 29.1 Å². The van der Waals surface area contributed by atoms with Crippen LogP contribution in [0.15, 0.2) is 15.7 Å². The molecule has 2 aromatic rings. The van der Waals surface area contributed by atoms with Crippen molar-refractivity contribution in [1.29, 1.82) is 0 Å². The van der Waals surface area contributed by atoms with E-state index in [4.69, 9.17) is 5.73 Å². The quantitative estimate of drug-likeness (QED) is 0.557. The number of pyridine rings is 1. The zero-order valence-corrected chi connectivity index (χ0v) is 19.8. The molecule has 10 heteroatoms. The minimum Gasteiger partial charge on any atom is -0.348 e. The van der Waals surface area contributed by atoms with Crippen molar-refractivity contribution in [2.24, 2.45) is 11.7 Å². The molecule has 0 aliphatic rings. The van der Waals surface area contributed by atoms with Crippen LogP contribution in [0.4, 0.5) is 0 Å². The van der Waals surface area contributed by atoms with Gasteiger partial charge in [0.15, 0.2) is 5.65 Å². The van der Waals surface area contributed by atoms with Crippen LogP contribution in [0.25, 0.3) is 11.0 Å². The minimum atomic E-state index is -0.603. The zero-order valence-electron chi connectivity index (χ0n) is 18.2. The number of nitrogens with one attached hydrogen (secondary N) is 2. The van der Waals surface area contributed by atoms with Crippen molar-refractivity contribution in [3.05, 3.63) is 38.2 Å². The van der Waals surface area contributed by atoms with E-state index in [0.29, 0.717) is 31.1 Å². The fraction of sp³-hybridized carbons (Fsp3) is 0.600. The second-order valence-electron chi connectivity index (χ2n) is 7.89. The Labute approximate surface area is 188 Å². The number of aromatic amines is 1. The first kappa shape index (κ1) is 28.1. The average molecular weight is 462 g/mol. The number of carbonyl (C=O) groups is 1. The van der Waals surface area contributed by atoms with Gasteiger partial charge in [-0.3, -0.25) is 19.1 Å². The van der Waals surface area contributed by atoms with Crippen molar-refractivity contribution in [2.75, 3.05) is 6.54 Å². The second kappa shape index (κ2) is 12.1. The molecule has 30 heavy (non-hydrogen) atoms. The van der Waals surface area contributed by atoms with Crippen LogP contribution in [-0.2, 0) is 6.54 Å². The van der Waals surface area contributed by atoms with E-state index in [9.17, 15) is 14.4 Å². The number of carbonyl (C=O) groups excluding carboxylic acids is 1. The van der Waals surface area contributed by atoms with Gasteiger partial charge in [0.2, 0.25) is 0 Å². The van der Waals surface area contributed by atoms with Gasteiger partial charge in [-0.2, -0.15) is 0 Å². The smallest absolute Gasteiger partial charge is 0.329 e. The molecule has 0 aliphatic carbocycles. The van der Waals surface area contributed by atoms with Gasteiger partial charge in [-0.05, 0) is 30.7 Å². The predicted molar refractivity (Wildman–Crippen MR) is 125 cm³/mol. The number of nitrogens with zero attached hydrogens (tertiary/aromatic N) is 2. The molecule has 0 saturated carbocycles. The summed E-state index contributed by atoms with van der Waals surface area (Å²) in [6.07, 6.45) is 1.43. The minimum absolute atomic E-state index is 0. The summed E-state index contributed by atoms with van der Waals surface area (Å²) in [6, 6.07) is 1.44. The molecule has 170 valence electrons. The highest BCUT2D eigenvalue weighted by Gasteiger charge is 2.22. The lowest BCUT2D eigenvalue weighted by atomic mass is 10.0. The van der Waals surface area contributed by atoms with Gasteiger partial charge in [0.25, 0.3) is 11.5 Å². The molecule has 0 bridgehead atoms. The molecule has 1 amide bonds. The number of H-pyrrole nitrogens is 1. The van der Waals surface area contributed by atoms with Crippen LogP contribution in [-0.4, -0.2) is 33.0 Å². The molecule has 8 nitrogen and oxygen atoms in total. The molecule has 0 aromatic carbocycles. The summed E-state index contributed by atoms with van der Waals surface area (Å²) >= 11 is 0. The van der Waals surface area contributed by atoms with Crippen LogP contribution < -0.4 is 22.3 Å². The summed E-state index contributed by atoms with van der Waals surface area (Å²) in [5, 5.41) is 3.07. The molecule has 1 atom stereocenters. The Morgan fingerprint density at radius 3 is 2.37 bits per heavy atom. The average Bonchev–Trinajstić information content (AvgIpc) is 2.62. The molecule has 2 heterocycles. The number of nitrogens with two attached hydrogens (primary N) is 1. The summed E-state index contributed by atoms with van der Waals surface area (Å²) in [6.45, 7) is 10.7. The number of halogens is 2. The Balaban J connectivity index is 0.00000420. The summed E-state index contributed by atoms with van der Waals surface area (Å²) in [4.78, 5) is 44.8. The van der Waals surface area contributed by atoms with Gasteiger partial charge in [-0.25, -0.2) is 9.78 Å². The SMILES string of the molecule is CCCn1c(=O)[nH]c(=O)c2c(C(=O)NC(CN)CC(C)C)cc(C(C)C)nc21.Cl.Cl. The van der Waals surface area contributed by atoms with Crippen LogP contribution in [0, 0.1) is 5.92 Å². The van der Waals surface area contributed by atoms with Gasteiger partial charge in [-0.15, -0.1) is 24.8 Å². The summed E-state index contributed by atoms with van der Waals surface area (Å²) < 4.78 is 1.42. The van der Waals surface area contributed by atoms with Crippen molar-refractivity contribution in [3.8, 4) is 0 Å². The highest BCUT2D eigenvalue weighted by Crippen LogP contribution is 2.20. The highest BCUT2D eigenvalue weighted by atomic mass is 35.5. The van der Waals surface area contributed by atoms with Crippen LogP contribution in [0.1, 0.15) is 69.4 Å². The number of aromatic nitrogens is 3. The third kappa shape index (κ3) is 6.30. The normalized spacial score (nSPS) is 11.9. The van der Waals surface area contributed by atoms with Crippen LogP contribution >= 0.6 is 24.8 Å². The lowest BCUT2D eigenvalue weighted by molar-refractivity contribution is 0.0935. The van der Waals surface area contributed by atoms with E-state index in [1.807, 2.05) is 20.8 Å². The van der Waals surface area contributed by atoms with E-state index in [-0.39, 0.29) is 59.3 Å². The zero-order chi connectivity index (χ0) is 21.0. The van der Waals surface area contributed by atoms with E-state index in [1.54, 1.807) is 6.07 Å². The van der Waals surface area contributed by atoms with Gasteiger partial charge < -0.3 is 11.1 Å². The van der Waals surface area contributed by atoms with Crippen LogP contribution in [0.3, 0.4) is 0 Å². The first-order chi connectivity index (χ1) is 13.2. The van der Waals surface area contributed by atoms with Gasteiger partial charge in [0, 0.05) is 24.8 Å². The summed E-state index contributed by atoms with van der Waals surface area (Å²) in [5.74, 6) is 0.0198. The van der Waals surface area contributed by atoms with Crippen LogP contribution in [0.2, 0.25) is 0 Å². The van der Waals surface area contributed by atoms with E-state index in [0.717, 1.165) is 6.42 Å². The van der Waals surface area contributed by atoms with E-state index < -0.39 is 11.2 Å². The molecule has 2 aromatic heterocycles. The number of amides is 1. The standard InChI is InChI=1S/C20H31N5O3.2ClH/c1-6-7-25-17-16(19(27)24-20(25)28)14(9-15(23-17)12(4)5)18(26)22-13(10-21)8-11(2)3;;/h9,11-13H,6-8,10,21H2,1-5H3,(H,22,26)(H,24,27,28);2*1H. The Bertz CT molecular complexity index is 969. The fourth-order valence-corrected chi connectivity index (χ4v) is 3.25. The topological polar surface area (TPSA) is 123 Å². The molecule has 0 spiro atoms. The molecule has 0 aliphatic heterocycles. The lowest BCUT2D eigenvalue weighted by Crippen LogP contribution is -2.42. The van der Waals surface area contributed by atoms with E-state index >= 15 is 0 Å². The highest BCUT2D eigenvalue weighted by molar-refractivity contribution is 6.05. The van der Waals surface area contributed by atoms with Crippen molar-refractivity contribution < 1.29 is 4.79 Å². The maximum atomic E-state index is 13.1. The predicted octanol–water partition coefficient (Wildman–Crippen LogP) is 2.57. The Morgan fingerprint density at radius 1 is 1.23 bits per heavy atom. The molecule has 0 fully saturated rings. The third-order valence-corrected chi connectivity index (χ3v) is 4.63. The molecule has 0 radical (unpaired) electrons. The number of hydrogen-bond acceptors (Lipinski definition) is 5. The first-order valence-electron chi connectivity index (χ1n) is 9.88. The number of fused-ring (bicyclic) bond motifs is 1. The second-order valence-corrected chi connectivity index (χ2v) is 7.89. The number of rotatable bonds is 8. The Morgan fingerprint density at radius 2 is 1.87 bits per heavy atom. The van der Waals surface area contributed by atoms with Crippen molar-refractivity contribution in [3.63, 3.8) is 0 Å². The van der Waals surface area contributed by atoms with E-state index in [1.165, 1.54) is 4.57 Å². The molecule has 0 saturated heterocycles. The largest absolute Gasteiger partial charge is 0.348 e. The van der Waals surface area contributed by atoms with Gasteiger partial charge in [0.1, 0.15) is 0 Å². The van der Waals surface area contributed by atoms with Gasteiger partial charge in [0.05, 0.1) is 10.9 Å². The van der Waals surface area contributed by atoms with Gasteiger partial charge >= 0.3 is 5.69 Å². The van der Waals surface area contributed by atoms with Crippen LogP contribution in [0.5, 0.6) is 0 Å².